The van der Waals surface area contributed by atoms with Crippen LogP contribution in [0.1, 0.15) is 0 Å². The SMILES string of the molecule is OOOOOOP.[Zr]. The van der Waals surface area contributed by atoms with E-state index in [0.29, 0.717) is 0 Å². The van der Waals surface area contributed by atoms with Gasteiger partial charge in [0.05, 0.1) is 0 Å². The Hall–Kier alpha value is 1.07. The maximum Gasteiger partial charge on any atom is 0.0457 e. The molecule has 0 rings (SSSR count). The van der Waals surface area contributed by atoms with Crippen molar-refractivity contribution in [2.45, 2.75) is 0 Å². The first kappa shape index (κ1) is 11.8. The van der Waals surface area contributed by atoms with Gasteiger partial charge in [0.1, 0.15) is 0 Å². The molecule has 0 saturated heterocycles. The van der Waals surface area contributed by atoms with Gasteiger partial charge in [0.25, 0.3) is 0 Å². The molecular weight excluding hydrogens is 218 g/mol. The second-order valence-electron chi connectivity index (χ2n) is 0.375. The summed E-state index contributed by atoms with van der Waals surface area (Å²) >= 11 is 0. The summed E-state index contributed by atoms with van der Waals surface area (Å²) in [6, 6.07) is 0. The van der Waals surface area contributed by atoms with Crippen LogP contribution in [0, 0.1) is 0 Å². The summed E-state index contributed by atoms with van der Waals surface area (Å²) in [6.07, 6.45) is 0. The molecule has 0 fully saturated rings. The Kier molecular flexibility index (Phi) is 16.2. The zero-order chi connectivity index (χ0) is 5.54. The van der Waals surface area contributed by atoms with Crippen molar-refractivity contribution in [1.29, 1.82) is 0 Å². The van der Waals surface area contributed by atoms with Crippen LogP contribution < -0.4 is 0 Å². The van der Waals surface area contributed by atoms with E-state index in [2.05, 4.69) is 24.8 Å². The molecule has 0 saturated carbocycles. The van der Waals surface area contributed by atoms with E-state index >= 15 is 0 Å². The van der Waals surface area contributed by atoms with Gasteiger partial charge in [-0.3, -0.25) is 0 Å². The summed E-state index contributed by atoms with van der Waals surface area (Å²) in [7, 11) is 1.69. The minimum atomic E-state index is 0. The Morgan fingerprint density at radius 2 is 1.75 bits per heavy atom. The molecule has 0 heterocycles. The minimum absolute atomic E-state index is 0. The van der Waals surface area contributed by atoms with Crippen LogP contribution in [-0.4, -0.2) is 5.26 Å². The van der Waals surface area contributed by atoms with Crippen LogP contribution in [0.15, 0.2) is 0 Å². The standard InChI is InChI=1S/H3O6P.Zr/c1-2-3-4-5-6-7;/h1H,7H2;. The van der Waals surface area contributed by atoms with Crippen molar-refractivity contribution in [3.8, 4) is 0 Å². The van der Waals surface area contributed by atoms with E-state index in [1.807, 2.05) is 0 Å². The molecule has 8 heteroatoms. The summed E-state index contributed by atoms with van der Waals surface area (Å²) in [5.41, 5.74) is 0. The molecule has 0 bridgehead atoms. The van der Waals surface area contributed by atoms with Gasteiger partial charge in [0.15, 0.2) is 0 Å². The van der Waals surface area contributed by atoms with Crippen LogP contribution in [0.5, 0.6) is 0 Å². The molecule has 0 aliphatic heterocycles. The molecule has 6 nitrogen and oxygen atoms in total. The third-order valence-electron chi connectivity index (χ3n) is 0.125. The summed E-state index contributed by atoms with van der Waals surface area (Å²) in [4.78, 5) is 0. The second kappa shape index (κ2) is 11.0. The fraction of sp³-hybridized carbons (Fsp3) is 0. The van der Waals surface area contributed by atoms with Crippen LogP contribution in [0.25, 0.3) is 0 Å². The van der Waals surface area contributed by atoms with Crippen LogP contribution >= 0.6 is 9.47 Å². The van der Waals surface area contributed by atoms with Gasteiger partial charge in [-0.1, -0.05) is 0 Å². The molecule has 48 valence electrons. The van der Waals surface area contributed by atoms with E-state index in [4.69, 9.17) is 5.26 Å². The Balaban J connectivity index is 0. The van der Waals surface area contributed by atoms with Gasteiger partial charge < -0.3 is 0 Å². The van der Waals surface area contributed by atoms with E-state index < -0.39 is 0 Å². The van der Waals surface area contributed by atoms with Gasteiger partial charge in [-0.25, -0.2) is 5.26 Å². The maximum absolute atomic E-state index is 7.30. The summed E-state index contributed by atoms with van der Waals surface area (Å²) in [5, 5.41) is 20.4. The van der Waals surface area contributed by atoms with Crippen molar-refractivity contribution >= 4 is 9.47 Å². The smallest absolute Gasteiger partial charge is 0.0457 e. The quantitative estimate of drug-likeness (QED) is 0.312. The number of hydrogen-bond donors (Lipinski definition) is 1. The average Bonchev–Trinajstić information content (AvgIpc) is 1.69. The first-order valence-electron chi connectivity index (χ1n) is 1.08. The molecule has 1 N–H and O–H groups in total. The first-order valence-corrected chi connectivity index (χ1v) is 1.56. The largest absolute Gasteiger partial charge is 0.219 e. The van der Waals surface area contributed by atoms with Crippen molar-refractivity contribution in [2.75, 3.05) is 0 Å². The Labute approximate surface area is 66.0 Å². The summed E-state index contributed by atoms with van der Waals surface area (Å²) in [6.45, 7) is 0. The molecule has 0 radical (unpaired) electrons. The molecule has 0 aliphatic rings. The zero-order valence-corrected chi connectivity index (χ0v) is 7.18. The Morgan fingerprint density at radius 3 is 2.12 bits per heavy atom. The van der Waals surface area contributed by atoms with Gasteiger partial charge in [-0.2, -0.15) is 4.67 Å². The van der Waals surface area contributed by atoms with Crippen LogP contribution in [0.2, 0.25) is 0 Å². The summed E-state index contributed by atoms with van der Waals surface area (Å²) in [5.74, 6) is 0. The van der Waals surface area contributed by atoms with Crippen molar-refractivity contribution in [1.82, 2.24) is 0 Å². The van der Waals surface area contributed by atoms with E-state index in [-0.39, 0.29) is 26.2 Å². The predicted molar refractivity (Wildman–Crippen MR) is 17.8 cm³/mol. The van der Waals surface area contributed by atoms with E-state index in [0.717, 1.165) is 0 Å². The molecule has 0 aliphatic carbocycles. The van der Waals surface area contributed by atoms with E-state index in [1.165, 1.54) is 0 Å². The van der Waals surface area contributed by atoms with Crippen LogP contribution in [-0.2, 0) is 51.0 Å². The van der Waals surface area contributed by atoms with Gasteiger partial charge >= 0.3 is 0 Å². The first-order chi connectivity index (χ1) is 3.41. The third-order valence-corrected chi connectivity index (χ3v) is 0.204. The number of rotatable bonds is 4. The predicted octanol–water partition coefficient (Wildman–Crippen LogP) is -0.0100. The van der Waals surface area contributed by atoms with Crippen molar-refractivity contribution in [2.24, 2.45) is 0 Å². The van der Waals surface area contributed by atoms with Crippen molar-refractivity contribution < 1.29 is 56.3 Å². The molecule has 1 atom stereocenters. The minimum Gasteiger partial charge on any atom is -0.219 e. The van der Waals surface area contributed by atoms with Crippen molar-refractivity contribution in [3.05, 3.63) is 0 Å². The average molecular weight is 221 g/mol. The molecule has 1 unspecified atom stereocenters. The van der Waals surface area contributed by atoms with Crippen LogP contribution in [0.4, 0.5) is 0 Å². The molecule has 0 aromatic carbocycles. The zero-order valence-electron chi connectivity index (χ0n) is 3.57. The molecule has 8 heavy (non-hydrogen) atoms. The Bertz CT molecular complexity index is 27.7. The number of hydrogen-bond acceptors (Lipinski definition) is 6. The monoisotopic (exact) mass is 220 g/mol. The van der Waals surface area contributed by atoms with Gasteiger partial charge in [0.2, 0.25) is 0 Å². The molecular formula is H3O6PZr. The van der Waals surface area contributed by atoms with Crippen molar-refractivity contribution in [3.63, 3.8) is 0 Å². The van der Waals surface area contributed by atoms with Gasteiger partial charge in [0, 0.05) is 35.7 Å². The molecule has 0 amide bonds. The normalized spacial score (nSPS) is 8.25. The van der Waals surface area contributed by atoms with Crippen LogP contribution in [0.3, 0.4) is 0 Å². The molecule has 0 aromatic rings. The van der Waals surface area contributed by atoms with E-state index in [9.17, 15) is 0 Å². The maximum atomic E-state index is 7.30. The molecule has 0 aromatic heterocycles. The topological polar surface area (TPSA) is 66.4 Å². The van der Waals surface area contributed by atoms with E-state index in [1.54, 1.807) is 9.47 Å². The second-order valence-corrected chi connectivity index (χ2v) is 0.567. The Morgan fingerprint density at radius 1 is 1.12 bits per heavy atom. The van der Waals surface area contributed by atoms with Gasteiger partial charge in [-0.15, -0.1) is 0 Å². The third kappa shape index (κ3) is 10.1. The molecule has 0 spiro atoms. The summed E-state index contributed by atoms with van der Waals surface area (Å²) < 4.78 is 3.72. The van der Waals surface area contributed by atoms with Gasteiger partial charge in [-0.05, 0) is 20.2 Å². The fourth-order valence-corrected chi connectivity index (χ4v) is 0.0719. The fourth-order valence-electron chi connectivity index (χ4n) is 0.0398.